The number of rotatable bonds is 4. The van der Waals surface area contributed by atoms with E-state index in [9.17, 15) is 4.79 Å². The summed E-state index contributed by atoms with van der Waals surface area (Å²) in [5.41, 5.74) is 9.31. The summed E-state index contributed by atoms with van der Waals surface area (Å²) in [6.45, 7) is 2.61. The molecule has 0 saturated heterocycles. The van der Waals surface area contributed by atoms with Crippen LogP contribution in [0.3, 0.4) is 0 Å². The highest BCUT2D eigenvalue weighted by Crippen LogP contribution is 2.40. The number of hydrogen-bond acceptors (Lipinski definition) is 5. The van der Waals surface area contributed by atoms with Crippen LogP contribution in [-0.2, 0) is 0 Å². The normalized spacial score (nSPS) is 12.6. The molecule has 5 nitrogen and oxygen atoms in total. The summed E-state index contributed by atoms with van der Waals surface area (Å²) in [5, 5.41) is 3.84. The van der Waals surface area contributed by atoms with E-state index < -0.39 is 0 Å². The molecule has 0 bridgehead atoms. The summed E-state index contributed by atoms with van der Waals surface area (Å²) in [7, 11) is 1.65. The number of methoxy groups -OCH3 is 1. The molecule has 4 rings (SSSR count). The maximum Gasteiger partial charge on any atom is 0.266 e. The summed E-state index contributed by atoms with van der Waals surface area (Å²) in [6, 6.07) is 9.78. The van der Waals surface area contributed by atoms with Gasteiger partial charge in [-0.25, -0.2) is 0 Å². The van der Waals surface area contributed by atoms with Crippen LogP contribution in [0.5, 0.6) is 5.75 Å². The van der Waals surface area contributed by atoms with Crippen LogP contribution in [0.4, 0.5) is 0 Å². The number of hydrogen-bond donors (Lipinski definition) is 2. The number of thiophene rings is 1. The molecule has 4 aromatic rings. The molecule has 0 amide bonds. The van der Waals surface area contributed by atoms with Crippen molar-refractivity contribution in [3.63, 3.8) is 0 Å². The molecule has 0 aliphatic heterocycles. The number of ether oxygens (including phenoxy) is 1. The molecule has 1 unspecified atom stereocenters. The number of fused-ring (bicyclic) bond motifs is 3. The minimum Gasteiger partial charge on any atom is -0.496 e. The molecule has 3 N–H and O–H groups in total. The number of nitrogens with one attached hydrogen (secondary N) is 1. The minimum atomic E-state index is -0.0659. The van der Waals surface area contributed by atoms with E-state index in [1.54, 1.807) is 7.11 Å². The van der Waals surface area contributed by atoms with Crippen LogP contribution < -0.4 is 16.0 Å². The highest BCUT2D eigenvalue weighted by Gasteiger charge is 2.17. The average molecular weight is 365 g/mol. The molecule has 0 saturated carbocycles. The highest BCUT2D eigenvalue weighted by molar-refractivity contribution is 7.17. The molecule has 3 aromatic heterocycles. The summed E-state index contributed by atoms with van der Waals surface area (Å²) in [4.78, 5) is 19.9. The third-order valence-corrected chi connectivity index (χ3v) is 5.62. The van der Waals surface area contributed by atoms with Crippen LogP contribution in [0, 0.1) is 0 Å². The Bertz CT molecular complexity index is 1150. The molecular formula is C20H19N3O2S. The number of nitrogens with two attached hydrogens (primary N) is 1. The molecule has 132 valence electrons. The second-order valence-corrected chi connectivity index (χ2v) is 7.21. The number of aromatic nitrogens is 2. The Morgan fingerprint density at radius 3 is 2.81 bits per heavy atom. The molecule has 6 heteroatoms. The summed E-state index contributed by atoms with van der Waals surface area (Å²) < 4.78 is 6.34. The van der Waals surface area contributed by atoms with Crippen molar-refractivity contribution in [3.05, 3.63) is 58.0 Å². The Kier molecular flexibility index (Phi) is 4.22. The van der Waals surface area contributed by atoms with E-state index in [0.29, 0.717) is 11.2 Å². The Balaban J connectivity index is 2.04. The molecule has 26 heavy (non-hydrogen) atoms. The van der Waals surface area contributed by atoms with E-state index in [-0.39, 0.29) is 11.5 Å². The third kappa shape index (κ3) is 2.58. The minimum absolute atomic E-state index is 0.0659. The maximum absolute atomic E-state index is 12.3. The van der Waals surface area contributed by atoms with Crippen LogP contribution in [0.2, 0.25) is 0 Å². The van der Waals surface area contributed by atoms with Gasteiger partial charge in [-0.3, -0.25) is 9.78 Å². The monoisotopic (exact) mass is 365 g/mol. The molecule has 3 heterocycles. The van der Waals surface area contributed by atoms with Crippen LogP contribution in [0.15, 0.2) is 46.7 Å². The summed E-state index contributed by atoms with van der Waals surface area (Å²) in [5.74, 6) is 0.955. The lowest BCUT2D eigenvalue weighted by atomic mass is 9.97. The second kappa shape index (κ2) is 6.55. The lowest BCUT2D eigenvalue weighted by Crippen LogP contribution is -2.10. The van der Waals surface area contributed by atoms with Crippen LogP contribution >= 0.6 is 11.3 Å². The van der Waals surface area contributed by atoms with E-state index in [0.717, 1.165) is 38.9 Å². The molecule has 1 atom stereocenters. The number of aromatic amines is 1. The van der Waals surface area contributed by atoms with Crippen molar-refractivity contribution >= 4 is 32.3 Å². The molecule has 1 aromatic carbocycles. The van der Waals surface area contributed by atoms with Crippen molar-refractivity contribution in [1.82, 2.24) is 9.97 Å². The van der Waals surface area contributed by atoms with Gasteiger partial charge in [0.05, 0.1) is 7.11 Å². The Morgan fingerprint density at radius 1 is 1.27 bits per heavy atom. The van der Waals surface area contributed by atoms with Crippen molar-refractivity contribution in [2.45, 2.75) is 12.8 Å². The van der Waals surface area contributed by atoms with Gasteiger partial charge in [0.2, 0.25) is 0 Å². The van der Waals surface area contributed by atoms with Gasteiger partial charge in [-0.1, -0.05) is 13.0 Å². The topological polar surface area (TPSA) is 81.0 Å². The number of nitrogens with zero attached hydrogens (tertiary/aromatic N) is 1. The molecule has 0 aliphatic carbocycles. The second-order valence-electron chi connectivity index (χ2n) is 6.29. The number of pyridine rings is 2. The predicted octanol–water partition coefficient (Wildman–Crippen LogP) is 3.88. The first kappa shape index (κ1) is 16.8. The van der Waals surface area contributed by atoms with Gasteiger partial charge in [-0.2, -0.15) is 0 Å². The molecule has 0 spiro atoms. The van der Waals surface area contributed by atoms with Crippen LogP contribution in [0.1, 0.15) is 18.5 Å². The largest absolute Gasteiger partial charge is 0.496 e. The standard InChI is InChI=1S/C20H19N3O2S/c1-11(9-21)14-4-3-12(10-22-14)17-16(25-2)6-5-15-18(17)13-7-8-26-19(13)20(24)23-15/h3-8,10-11H,9,21H2,1-2H3,(H,23,24). The van der Waals surface area contributed by atoms with Gasteiger partial charge in [0, 0.05) is 51.8 Å². The fourth-order valence-electron chi connectivity index (χ4n) is 3.25. The van der Waals surface area contributed by atoms with E-state index >= 15 is 0 Å². The van der Waals surface area contributed by atoms with Gasteiger partial charge in [-0.15, -0.1) is 11.3 Å². The molecule has 0 aliphatic rings. The van der Waals surface area contributed by atoms with E-state index in [2.05, 4.69) is 16.9 Å². The van der Waals surface area contributed by atoms with Crippen LogP contribution in [-0.4, -0.2) is 23.6 Å². The fraction of sp³-hybridized carbons (Fsp3) is 0.200. The van der Waals surface area contributed by atoms with Crippen molar-refractivity contribution in [2.24, 2.45) is 5.73 Å². The summed E-state index contributed by atoms with van der Waals surface area (Å²) >= 11 is 1.44. The van der Waals surface area contributed by atoms with Crippen LogP contribution in [0.25, 0.3) is 32.1 Å². The lowest BCUT2D eigenvalue weighted by molar-refractivity contribution is 0.417. The van der Waals surface area contributed by atoms with Gasteiger partial charge in [0.1, 0.15) is 10.4 Å². The molecule has 0 radical (unpaired) electrons. The molecular weight excluding hydrogens is 346 g/mol. The van der Waals surface area contributed by atoms with E-state index in [4.69, 9.17) is 10.5 Å². The smallest absolute Gasteiger partial charge is 0.266 e. The average Bonchev–Trinajstić information content (AvgIpc) is 3.17. The zero-order chi connectivity index (χ0) is 18.3. The van der Waals surface area contributed by atoms with Crippen molar-refractivity contribution in [1.29, 1.82) is 0 Å². The van der Waals surface area contributed by atoms with Crippen molar-refractivity contribution in [2.75, 3.05) is 13.7 Å². The first-order valence-corrected chi connectivity index (χ1v) is 9.28. The first-order chi connectivity index (χ1) is 12.6. The predicted molar refractivity (Wildman–Crippen MR) is 107 cm³/mol. The SMILES string of the molecule is COc1ccc2[nH]c(=O)c3sccc3c2c1-c1ccc(C(C)CN)nc1. The van der Waals surface area contributed by atoms with E-state index in [1.165, 1.54) is 11.3 Å². The number of benzene rings is 1. The Hall–Kier alpha value is -2.70. The van der Waals surface area contributed by atoms with Gasteiger partial charge in [-0.05, 0) is 29.6 Å². The quantitative estimate of drug-likeness (QED) is 0.575. The van der Waals surface area contributed by atoms with Gasteiger partial charge in [0.15, 0.2) is 0 Å². The zero-order valence-electron chi connectivity index (χ0n) is 14.6. The Morgan fingerprint density at radius 2 is 2.12 bits per heavy atom. The summed E-state index contributed by atoms with van der Waals surface area (Å²) in [6.07, 6.45) is 1.85. The zero-order valence-corrected chi connectivity index (χ0v) is 15.4. The van der Waals surface area contributed by atoms with Gasteiger partial charge >= 0.3 is 0 Å². The third-order valence-electron chi connectivity index (χ3n) is 4.71. The molecule has 0 fully saturated rings. The van der Waals surface area contributed by atoms with Gasteiger partial charge in [0.25, 0.3) is 5.56 Å². The van der Waals surface area contributed by atoms with Crippen molar-refractivity contribution in [3.8, 4) is 16.9 Å². The number of H-pyrrole nitrogens is 1. The Labute approximate surface area is 154 Å². The highest BCUT2D eigenvalue weighted by atomic mass is 32.1. The first-order valence-electron chi connectivity index (χ1n) is 8.40. The van der Waals surface area contributed by atoms with Crippen molar-refractivity contribution < 1.29 is 4.74 Å². The van der Waals surface area contributed by atoms with Gasteiger partial charge < -0.3 is 15.5 Å². The van der Waals surface area contributed by atoms with E-state index in [1.807, 2.05) is 41.9 Å². The lowest BCUT2D eigenvalue weighted by Gasteiger charge is -2.14. The maximum atomic E-state index is 12.3. The fourth-order valence-corrected chi connectivity index (χ4v) is 4.05.